The van der Waals surface area contributed by atoms with E-state index in [9.17, 15) is 4.79 Å². The molecule has 0 saturated carbocycles. The first-order valence-electron chi connectivity index (χ1n) is 4.04. The average molecular weight is 150 g/mol. The van der Waals surface area contributed by atoms with Crippen LogP contribution in [0.2, 0.25) is 0 Å². The van der Waals surface area contributed by atoms with E-state index in [4.69, 9.17) is 0 Å². The normalized spacial score (nSPS) is 25.0. The molecule has 1 aliphatic carbocycles. The fourth-order valence-corrected chi connectivity index (χ4v) is 1.54. The van der Waals surface area contributed by atoms with Gasteiger partial charge in [0, 0.05) is 0 Å². The zero-order valence-corrected chi connectivity index (χ0v) is 6.97. The highest BCUT2D eigenvalue weighted by Gasteiger charge is 2.14. The first-order valence-corrected chi connectivity index (χ1v) is 4.04. The Morgan fingerprint density at radius 2 is 2.36 bits per heavy atom. The van der Waals surface area contributed by atoms with Gasteiger partial charge in [-0.15, -0.1) is 6.58 Å². The van der Waals surface area contributed by atoms with Crippen LogP contribution < -0.4 is 0 Å². The average Bonchev–Trinajstić information content (AvgIpc) is 2.04. The van der Waals surface area contributed by atoms with Gasteiger partial charge >= 0.3 is 0 Å². The van der Waals surface area contributed by atoms with E-state index in [1.54, 1.807) is 0 Å². The van der Waals surface area contributed by atoms with Crippen molar-refractivity contribution < 1.29 is 4.79 Å². The molecule has 11 heavy (non-hydrogen) atoms. The van der Waals surface area contributed by atoms with Gasteiger partial charge in [-0.05, 0) is 37.7 Å². The van der Waals surface area contributed by atoms with Crippen LogP contribution in [0.15, 0.2) is 23.8 Å². The minimum atomic E-state index is 0.596. The summed E-state index contributed by atoms with van der Waals surface area (Å²) in [5.74, 6) is 0.596. The maximum absolute atomic E-state index is 10.5. The molecule has 0 aliphatic heterocycles. The minimum Gasteiger partial charge on any atom is -0.298 e. The summed E-state index contributed by atoms with van der Waals surface area (Å²) in [6.07, 6.45) is 6.04. The van der Waals surface area contributed by atoms with Crippen molar-refractivity contribution in [3.63, 3.8) is 0 Å². The van der Waals surface area contributed by atoms with Gasteiger partial charge in [-0.25, -0.2) is 0 Å². The molecule has 0 spiro atoms. The SMILES string of the molecule is C=CC1CCC(C=O)=C(C)C1. The quantitative estimate of drug-likeness (QED) is 0.436. The van der Waals surface area contributed by atoms with Crippen LogP contribution in [-0.4, -0.2) is 6.29 Å². The van der Waals surface area contributed by atoms with Gasteiger partial charge in [0.15, 0.2) is 0 Å². The topological polar surface area (TPSA) is 17.1 Å². The van der Waals surface area contributed by atoms with Crippen molar-refractivity contribution in [1.29, 1.82) is 0 Å². The van der Waals surface area contributed by atoms with E-state index in [-0.39, 0.29) is 0 Å². The molecule has 1 unspecified atom stereocenters. The van der Waals surface area contributed by atoms with Gasteiger partial charge < -0.3 is 0 Å². The molecule has 0 aromatic rings. The zero-order chi connectivity index (χ0) is 8.27. The van der Waals surface area contributed by atoms with E-state index < -0.39 is 0 Å². The van der Waals surface area contributed by atoms with Gasteiger partial charge in [-0.1, -0.05) is 11.6 Å². The Kier molecular flexibility index (Phi) is 2.64. The Labute approximate surface area is 67.8 Å². The largest absolute Gasteiger partial charge is 0.298 e. The Balaban J connectivity index is 2.70. The van der Waals surface area contributed by atoms with Crippen LogP contribution in [0.5, 0.6) is 0 Å². The van der Waals surface area contributed by atoms with Gasteiger partial charge in [0.05, 0.1) is 0 Å². The van der Waals surface area contributed by atoms with E-state index in [2.05, 4.69) is 6.58 Å². The van der Waals surface area contributed by atoms with Gasteiger partial charge in [0.2, 0.25) is 0 Å². The summed E-state index contributed by atoms with van der Waals surface area (Å²) in [5, 5.41) is 0. The van der Waals surface area contributed by atoms with Crippen LogP contribution >= 0.6 is 0 Å². The van der Waals surface area contributed by atoms with Gasteiger partial charge in [0.1, 0.15) is 6.29 Å². The molecular formula is C10H14O. The lowest BCUT2D eigenvalue weighted by Crippen LogP contribution is -2.07. The fraction of sp³-hybridized carbons (Fsp3) is 0.500. The Morgan fingerprint density at radius 1 is 1.64 bits per heavy atom. The first kappa shape index (κ1) is 8.25. The van der Waals surface area contributed by atoms with Gasteiger partial charge in [-0.3, -0.25) is 4.79 Å². The van der Waals surface area contributed by atoms with Crippen molar-refractivity contribution in [2.24, 2.45) is 5.92 Å². The van der Waals surface area contributed by atoms with E-state index in [0.29, 0.717) is 5.92 Å². The highest BCUT2D eigenvalue weighted by Crippen LogP contribution is 2.28. The molecule has 0 fully saturated rings. The maximum Gasteiger partial charge on any atom is 0.145 e. The lowest BCUT2D eigenvalue weighted by atomic mass is 9.85. The van der Waals surface area contributed by atoms with Gasteiger partial charge in [0.25, 0.3) is 0 Å². The van der Waals surface area contributed by atoms with Crippen molar-refractivity contribution in [1.82, 2.24) is 0 Å². The van der Waals surface area contributed by atoms with Gasteiger partial charge in [-0.2, -0.15) is 0 Å². The third-order valence-corrected chi connectivity index (χ3v) is 2.38. The molecule has 0 heterocycles. The molecule has 0 aromatic heterocycles. The van der Waals surface area contributed by atoms with Crippen LogP contribution in [-0.2, 0) is 4.79 Å². The Hall–Kier alpha value is -0.850. The maximum atomic E-state index is 10.5. The molecule has 0 aromatic carbocycles. The molecule has 1 aliphatic rings. The van der Waals surface area contributed by atoms with E-state index >= 15 is 0 Å². The van der Waals surface area contributed by atoms with Crippen molar-refractivity contribution in [3.8, 4) is 0 Å². The number of hydrogen-bond acceptors (Lipinski definition) is 1. The van der Waals surface area contributed by atoms with Crippen LogP contribution in [0.25, 0.3) is 0 Å². The summed E-state index contributed by atoms with van der Waals surface area (Å²) in [7, 11) is 0. The van der Waals surface area contributed by atoms with Crippen LogP contribution in [0.1, 0.15) is 26.2 Å². The summed E-state index contributed by atoms with van der Waals surface area (Å²) in [6.45, 7) is 5.80. The van der Waals surface area contributed by atoms with Crippen molar-refractivity contribution in [2.75, 3.05) is 0 Å². The molecule has 0 amide bonds. The third kappa shape index (κ3) is 1.79. The Morgan fingerprint density at radius 3 is 2.82 bits per heavy atom. The van der Waals surface area contributed by atoms with Crippen molar-refractivity contribution >= 4 is 6.29 Å². The molecule has 1 rings (SSSR count). The van der Waals surface area contributed by atoms with Crippen LogP contribution in [0.3, 0.4) is 0 Å². The van der Waals surface area contributed by atoms with Crippen LogP contribution in [0.4, 0.5) is 0 Å². The van der Waals surface area contributed by atoms with E-state index in [1.807, 2.05) is 13.0 Å². The second kappa shape index (κ2) is 3.51. The summed E-state index contributed by atoms with van der Waals surface area (Å²) < 4.78 is 0. The number of hydrogen-bond donors (Lipinski definition) is 0. The molecule has 0 saturated heterocycles. The lowest BCUT2D eigenvalue weighted by molar-refractivity contribution is -0.105. The molecule has 1 atom stereocenters. The highest BCUT2D eigenvalue weighted by atomic mass is 16.1. The number of allylic oxidation sites excluding steroid dienone is 3. The summed E-state index contributed by atoms with van der Waals surface area (Å²) in [6, 6.07) is 0. The lowest BCUT2D eigenvalue weighted by Gasteiger charge is -2.20. The third-order valence-electron chi connectivity index (χ3n) is 2.38. The number of aldehydes is 1. The minimum absolute atomic E-state index is 0.596. The van der Waals surface area contributed by atoms with E-state index in [0.717, 1.165) is 31.1 Å². The first-order chi connectivity index (χ1) is 5.27. The molecule has 0 radical (unpaired) electrons. The summed E-state index contributed by atoms with van der Waals surface area (Å²) >= 11 is 0. The number of carbonyl (C=O) groups excluding carboxylic acids is 1. The zero-order valence-electron chi connectivity index (χ0n) is 6.97. The number of carbonyl (C=O) groups is 1. The fourth-order valence-electron chi connectivity index (χ4n) is 1.54. The molecule has 1 nitrogen and oxygen atoms in total. The monoisotopic (exact) mass is 150 g/mol. The van der Waals surface area contributed by atoms with Crippen LogP contribution in [0, 0.1) is 5.92 Å². The Bertz CT molecular complexity index is 201. The summed E-state index contributed by atoms with van der Waals surface area (Å²) in [5.41, 5.74) is 2.25. The standard InChI is InChI=1S/C10H14O/c1-3-9-4-5-10(7-11)8(2)6-9/h3,7,9H,1,4-6H2,2H3. The predicted molar refractivity (Wildman–Crippen MR) is 46.3 cm³/mol. The highest BCUT2D eigenvalue weighted by molar-refractivity contribution is 5.74. The second-order valence-electron chi connectivity index (χ2n) is 3.16. The predicted octanol–water partition coefficient (Wildman–Crippen LogP) is 2.49. The van der Waals surface area contributed by atoms with Crippen molar-refractivity contribution in [2.45, 2.75) is 26.2 Å². The van der Waals surface area contributed by atoms with Crippen molar-refractivity contribution in [3.05, 3.63) is 23.8 Å². The molecular weight excluding hydrogens is 136 g/mol. The van der Waals surface area contributed by atoms with E-state index in [1.165, 1.54) is 5.57 Å². The summed E-state index contributed by atoms with van der Waals surface area (Å²) in [4.78, 5) is 10.5. The second-order valence-corrected chi connectivity index (χ2v) is 3.16. The molecule has 60 valence electrons. The molecule has 0 bridgehead atoms. The smallest absolute Gasteiger partial charge is 0.145 e. The molecule has 1 heteroatoms. The molecule has 0 N–H and O–H groups in total. The number of rotatable bonds is 2.